The number of morpholine rings is 1. The van der Waals surface area contributed by atoms with Crippen LogP contribution in [0.3, 0.4) is 0 Å². The Bertz CT molecular complexity index is 986. The number of thiophene rings is 1. The first-order chi connectivity index (χ1) is 16.9. The molecule has 3 N–H and O–H groups in total. The summed E-state index contributed by atoms with van der Waals surface area (Å²) < 4.78 is 5.34. The van der Waals surface area contributed by atoms with E-state index < -0.39 is 11.9 Å². The number of amides is 1. The lowest BCUT2D eigenvalue weighted by molar-refractivity contribution is -0.134. The van der Waals surface area contributed by atoms with Gasteiger partial charge >= 0.3 is 11.9 Å². The SMILES string of the molecule is O=C(CCCCCN1CCOCC1)Nc1ncccc1C(=O)c1cccs1.O=C(O)/C=C/C(=O)O. The lowest BCUT2D eigenvalue weighted by Crippen LogP contribution is -2.36. The van der Waals surface area contributed by atoms with E-state index in [1.54, 1.807) is 24.4 Å². The van der Waals surface area contributed by atoms with Gasteiger partial charge in [-0.1, -0.05) is 12.5 Å². The minimum absolute atomic E-state index is 0.0969. The molecular formula is C24H29N3O7S. The molecule has 3 heterocycles. The average Bonchev–Trinajstić information content (AvgIpc) is 3.39. The number of anilines is 1. The Labute approximate surface area is 207 Å². The van der Waals surface area contributed by atoms with E-state index in [1.165, 1.54) is 11.3 Å². The zero-order valence-corrected chi connectivity index (χ0v) is 20.0. The number of ketones is 1. The van der Waals surface area contributed by atoms with Crippen molar-refractivity contribution in [2.24, 2.45) is 0 Å². The average molecular weight is 504 g/mol. The summed E-state index contributed by atoms with van der Waals surface area (Å²) in [5.41, 5.74) is 0.431. The Balaban J connectivity index is 0.000000466. The molecule has 35 heavy (non-hydrogen) atoms. The number of ether oxygens (including phenoxy) is 1. The van der Waals surface area contributed by atoms with Crippen molar-refractivity contribution in [2.75, 3.05) is 38.2 Å². The number of rotatable bonds is 11. The molecule has 188 valence electrons. The summed E-state index contributed by atoms with van der Waals surface area (Å²) in [7, 11) is 0. The van der Waals surface area contributed by atoms with Crippen LogP contribution < -0.4 is 5.32 Å². The van der Waals surface area contributed by atoms with Crippen molar-refractivity contribution in [3.8, 4) is 0 Å². The number of carbonyl (C=O) groups excluding carboxylic acids is 2. The molecule has 0 bridgehead atoms. The van der Waals surface area contributed by atoms with Gasteiger partial charge in [0.25, 0.3) is 0 Å². The summed E-state index contributed by atoms with van der Waals surface area (Å²) in [5.74, 6) is -2.38. The molecule has 0 unspecified atom stereocenters. The standard InChI is InChI=1S/C20H25N3O3S.C4H4O4/c24-18(8-2-1-3-10-23-11-13-26-14-12-23)22-20-16(6-4-9-21-20)19(25)17-7-5-15-27-17;5-3(6)1-2-4(7)8/h4-7,9,15H,1-3,8,10-14H2,(H,21,22,24);1-2H,(H,5,6)(H,7,8)/b;2-1+. The number of nitrogens with zero attached hydrogens (tertiary/aromatic N) is 2. The van der Waals surface area contributed by atoms with Gasteiger partial charge in [0.1, 0.15) is 5.82 Å². The molecule has 11 heteroatoms. The summed E-state index contributed by atoms with van der Waals surface area (Å²) in [6, 6.07) is 7.03. The third kappa shape index (κ3) is 11.0. The van der Waals surface area contributed by atoms with E-state index >= 15 is 0 Å². The number of carbonyl (C=O) groups is 4. The Morgan fingerprint density at radius 3 is 2.37 bits per heavy atom. The highest BCUT2D eigenvalue weighted by molar-refractivity contribution is 7.12. The molecule has 1 amide bonds. The number of hydrogen-bond acceptors (Lipinski definition) is 8. The highest BCUT2D eigenvalue weighted by Crippen LogP contribution is 2.20. The van der Waals surface area contributed by atoms with Crippen molar-refractivity contribution in [3.63, 3.8) is 0 Å². The van der Waals surface area contributed by atoms with Crippen LogP contribution in [0.4, 0.5) is 5.82 Å². The molecule has 10 nitrogen and oxygen atoms in total. The zero-order valence-electron chi connectivity index (χ0n) is 19.2. The van der Waals surface area contributed by atoms with E-state index in [4.69, 9.17) is 14.9 Å². The molecule has 2 aromatic heterocycles. The molecule has 0 aromatic carbocycles. The van der Waals surface area contributed by atoms with Gasteiger partial charge in [-0.3, -0.25) is 14.5 Å². The van der Waals surface area contributed by atoms with E-state index in [1.807, 2.05) is 11.4 Å². The van der Waals surface area contributed by atoms with Crippen LogP contribution in [0.1, 0.15) is 40.9 Å². The van der Waals surface area contributed by atoms with Gasteiger partial charge in [-0.25, -0.2) is 14.6 Å². The Morgan fingerprint density at radius 2 is 1.74 bits per heavy atom. The first kappa shape index (κ1) is 27.8. The maximum absolute atomic E-state index is 12.6. The minimum atomic E-state index is -1.26. The van der Waals surface area contributed by atoms with Crippen molar-refractivity contribution in [1.29, 1.82) is 0 Å². The van der Waals surface area contributed by atoms with Crippen LogP contribution in [0.5, 0.6) is 0 Å². The fourth-order valence-electron chi connectivity index (χ4n) is 3.19. The fraction of sp³-hybridized carbons (Fsp3) is 0.375. The molecule has 1 aliphatic heterocycles. The minimum Gasteiger partial charge on any atom is -0.478 e. The second kappa shape index (κ2) is 15.5. The van der Waals surface area contributed by atoms with E-state index in [0.29, 0.717) is 34.8 Å². The summed E-state index contributed by atoms with van der Waals surface area (Å²) in [6.07, 6.45) is 6.06. The largest absolute Gasteiger partial charge is 0.478 e. The maximum Gasteiger partial charge on any atom is 0.328 e. The van der Waals surface area contributed by atoms with Gasteiger partial charge in [-0.2, -0.15) is 0 Å². The topological polar surface area (TPSA) is 146 Å². The Kier molecular flexibility index (Phi) is 12.3. The van der Waals surface area contributed by atoms with Crippen molar-refractivity contribution < 1.29 is 34.1 Å². The van der Waals surface area contributed by atoms with E-state index in [9.17, 15) is 19.2 Å². The van der Waals surface area contributed by atoms with Crippen LogP contribution in [0, 0.1) is 0 Å². The van der Waals surface area contributed by atoms with E-state index in [2.05, 4.69) is 15.2 Å². The molecule has 0 aliphatic carbocycles. The van der Waals surface area contributed by atoms with Crippen molar-refractivity contribution in [3.05, 3.63) is 58.4 Å². The summed E-state index contributed by atoms with van der Waals surface area (Å²) in [4.78, 5) is 51.2. The van der Waals surface area contributed by atoms with Gasteiger partial charge < -0.3 is 20.3 Å². The normalized spacial score (nSPS) is 13.6. The Morgan fingerprint density at radius 1 is 1.03 bits per heavy atom. The molecule has 0 spiro atoms. The van der Waals surface area contributed by atoms with Crippen LogP contribution in [0.25, 0.3) is 0 Å². The van der Waals surface area contributed by atoms with Gasteiger partial charge in [0.15, 0.2) is 0 Å². The predicted molar refractivity (Wildman–Crippen MR) is 131 cm³/mol. The molecule has 0 atom stereocenters. The predicted octanol–water partition coefficient (Wildman–Crippen LogP) is 2.92. The maximum atomic E-state index is 12.6. The number of carboxylic acid groups (broad SMARTS) is 2. The van der Waals surface area contributed by atoms with Gasteiger partial charge in [-0.05, 0) is 43.0 Å². The third-order valence-corrected chi connectivity index (χ3v) is 5.77. The smallest absolute Gasteiger partial charge is 0.328 e. The molecule has 3 rings (SSSR count). The first-order valence-corrected chi connectivity index (χ1v) is 12.0. The van der Waals surface area contributed by atoms with Gasteiger partial charge in [0.2, 0.25) is 11.7 Å². The van der Waals surface area contributed by atoms with Gasteiger partial charge in [0, 0.05) is 37.9 Å². The highest BCUT2D eigenvalue weighted by atomic mass is 32.1. The second-order valence-electron chi connectivity index (χ2n) is 7.53. The monoisotopic (exact) mass is 503 g/mol. The fourth-order valence-corrected chi connectivity index (χ4v) is 3.87. The number of aliphatic carboxylic acids is 2. The molecule has 0 saturated carbocycles. The molecular weight excluding hydrogens is 474 g/mol. The summed E-state index contributed by atoms with van der Waals surface area (Å²) in [5, 5.41) is 20.3. The summed E-state index contributed by atoms with van der Waals surface area (Å²) in [6.45, 7) is 4.70. The van der Waals surface area contributed by atoms with Gasteiger partial charge in [-0.15, -0.1) is 11.3 Å². The van der Waals surface area contributed by atoms with Crippen LogP contribution >= 0.6 is 11.3 Å². The molecule has 2 aromatic rings. The lowest BCUT2D eigenvalue weighted by Gasteiger charge is -2.26. The van der Waals surface area contributed by atoms with Crippen LogP contribution in [0.2, 0.25) is 0 Å². The number of aromatic nitrogens is 1. The lowest BCUT2D eigenvalue weighted by atomic mass is 10.1. The van der Waals surface area contributed by atoms with Crippen LogP contribution in [-0.4, -0.2) is 76.6 Å². The molecule has 1 aliphatic rings. The second-order valence-corrected chi connectivity index (χ2v) is 8.48. The molecule has 1 saturated heterocycles. The van der Waals surface area contributed by atoms with E-state index in [0.717, 1.165) is 52.1 Å². The van der Waals surface area contributed by atoms with Crippen molar-refractivity contribution in [2.45, 2.75) is 25.7 Å². The molecule has 1 fully saturated rings. The number of hydrogen-bond donors (Lipinski definition) is 3. The van der Waals surface area contributed by atoms with Crippen LogP contribution in [0.15, 0.2) is 48.0 Å². The van der Waals surface area contributed by atoms with Crippen LogP contribution in [-0.2, 0) is 19.1 Å². The highest BCUT2D eigenvalue weighted by Gasteiger charge is 2.17. The number of unbranched alkanes of at least 4 members (excludes halogenated alkanes) is 2. The summed E-state index contributed by atoms with van der Waals surface area (Å²) >= 11 is 1.38. The van der Waals surface area contributed by atoms with E-state index in [-0.39, 0.29) is 11.7 Å². The Hall–Kier alpha value is -3.41. The third-order valence-electron chi connectivity index (χ3n) is 4.91. The zero-order chi connectivity index (χ0) is 25.5. The van der Waals surface area contributed by atoms with Crippen molar-refractivity contribution in [1.82, 2.24) is 9.88 Å². The quantitative estimate of drug-likeness (QED) is 0.239. The number of nitrogens with one attached hydrogen (secondary N) is 1. The first-order valence-electron chi connectivity index (χ1n) is 11.1. The van der Waals surface area contributed by atoms with Crippen molar-refractivity contribution >= 4 is 40.8 Å². The molecule has 0 radical (unpaired) electrons. The van der Waals surface area contributed by atoms with Gasteiger partial charge in [0.05, 0.1) is 23.7 Å². The number of pyridine rings is 1. The number of carboxylic acids is 2.